The summed E-state index contributed by atoms with van der Waals surface area (Å²) in [5.41, 5.74) is 1.64. The normalized spacial score (nSPS) is 11.3. The lowest BCUT2D eigenvalue weighted by molar-refractivity contribution is -0.385. The molecule has 0 radical (unpaired) electrons. The first-order valence-corrected chi connectivity index (χ1v) is 12.4. The minimum atomic E-state index is -2.15. The highest BCUT2D eigenvalue weighted by Crippen LogP contribution is 2.58. The lowest BCUT2D eigenvalue weighted by Crippen LogP contribution is -2.32. The molecular weight excluding hydrogens is 425 g/mol. The second-order valence-electron chi connectivity index (χ2n) is 7.44. The highest BCUT2D eigenvalue weighted by atomic mass is 35.5. The van der Waals surface area contributed by atoms with Crippen LogP contribution in [0, 0.1) is 17.0 Å². The number of nitro groups is 1. The molecule has 0 aromatic heterocycles. The topological polar surface area (TPSA) is 43.1 Å². The molecule has 0 aliphatic heterocycles. The van der Waals surface area contributed by atoms with E-state index in [9.17, 15) is 10.1 Å². The van der Waals surface area contributed by atoms with E-state index in [2.05, 4.69) is 72.8 Å². The Hall–Kier alpha value is -3.00. The molecular formula is C26H22ClNO2P+. The molecule has 0 atom stereocenters. The molecule has 3 nitrogen and oxygen atoms in total. The van der Waals surface area contributed by atoms with Crippen LogP contribution >= 0.6 is 18.9 Å². The monoisotopic (exact) mass is 446 g/mol. The van der Waals surface area contributed by atoms with Gasteiger partial charge in [-0.3, -0.25) is 10.1 Å². The largest absolute Gasteiger partial charge is 0.274 e. The van der Waals surface area contributed by atoms with Crippen LogP contribution in [0.3, 0.4) is 0 Å². The first-order valence-electron chi connectivity index (χ1n) is 10.0. The van der Waals surface area contributed by atoms with Crippen molar-refractivity contribution in [1.82, 2.24) is 0 Å². The van der Waals surface area contributed by atoms with Crippen molar-refractivity contribution in [2.24, 2.45) is 0 Å². The lowest BCUT2D eigenvalue weighted by atomic mass is 10.1. The Balaban J connectivity index is 2.04. The molecule has 0 amide bonds. The maximum atomic E-state index is 11.7. The van der Waals surface area contributed by atoms with Gasteiger partial charge in [0.05, 0.1) is 11.1 Å². The predicted molar refractivity (Wildman–Crippen MR) is 132 cm³/mol. The first-order chi connectivity index (χ1) is 15.0. The third-order valence-electron chi connectivity index (χ3n) is 5.65. The van der Waals surface area contributed by atoms with E-state index < -0.39 is 7.26 Å². The molecule has 0 aliphatic rings. The summed E-state index contributed by atoms with van der Waals surface area (Å²) in [6.45, 7) is 1.82. The quantitative estimate of drug-likeness (QED) is 0.205. The van der Waals surface area contributed by atoms with E-state index in [0.29, 0.717) is 16.7 Å². The standard InChI is InChI=1S/C26H22ClNO2P/c1-20-21(17-22(27)18-26(20)28(29)30)19-31(23-11-5-2-6-12-23,24-13-7-3-8-14-24)25-15-9-4-10-16-25/h2-18H,19H2,1H3/q+1. The predicted octanol–water partition coefficient (Wildman–Crippen LogP) is 6.05. The molecule has 0 N–H and O–H groups in total. The van der Waals surface area contributed by atoms with Crippen LogP contribution in [-0.4, -0.2) is 4.92 Å². The van der Waals surface area contributed by atoms with Crippen LogP contribution in [0.4, 0.5) is 5.69 Å². The number of halogens is 1. The minimum absolute atomic E-state index is 0.0646. The van der Waals surface area contributed by atoms with Crippen LogP contribution in [0.1, 0.15) is 11.1 Å². The van der Waals surface area contributed by atoms with Gasteiger partial charge in [0.2, 0.25) is 0 Å². The van der Waals surface area contributed by atoms with Crippen molar-refractivity contribution in [3.05, 3.63) is 129 Å². The number of benzene rings is 4. The molecule has 0 spiro atoms. The van der Waals surface area contributed by atoms with E-state index in [-0.39, 0.29) is 10.6 Å². The Morgan fingerprint density at radius 1 is 0.774 bits per heavy atom. The Labute approximate surface area is 187 Å². The molecule has 0 saturated heterocycles. The summed E-state index contributed by atoms with van der Waals surface area (Å²) in [5, 5.41) is 15.7. The highest BCUT2D eigenvalue weighted by molar-refractivity contribution is 7.95. The third kappa shape index (κ3) is 4.12. The zero-order valence-electron chi connectivity index (χ0n) is 17.1. The van der Waals surface area contributed by atoms with Gasteiger partial charge in [-0.15, -0.1) is 0 Å². The Kier molecular flexibility index (Phi) is 6.18. The SMILES string of the molecule is Cc1c(C[P+](c2ccccc2)(c2ccccc2)c2ccccc2)cc(Cl)cc1[N+](=O)[O-]. The van der Waals surface area contributed by atoms with Crippen molar-refractivity contribution < 1.29 is 4.92 Å². The van der Waals surface area contributed by atoms with Crippen molar-refractivity contribution in [1.29, 1.82) is 0 Å². The van der Waals surface area contributed by atoms with Crippen molar-refractivity contribution >= 4 is 40.5 Å². The van der Waals surface area contributed by atoms with Crippen LogP contribution in [-0.2, 0) is 6.16 Å². The Morgan fingerprint density at radius 2 is 1.19 bits per heavy atom. The molecule has 4 rings (SSSR count). The van der Waals surface area contributed by atoms with Gasteiger partial charge in [0.15, 0.2) is 0 Å². The zero-order valence-corrected chi connectivity index (χ0v) is 18.8. The van der Waals surface area contributed by atoms with Crippen LogP contribution in [0.5, 0.6) is 0 Å². The van der Waals surface area contributed by atoms with Gasteiger partial charge in [-0.25, -0.2) is 0 Å². The zero-order chi connectivity index (χ0) is 21.8. The molecule has 4 aromatic rings. The third-order valence-corrected chi connectivity index (χ3v) is 10.2. The van der Waals surface area contributed by atoms with E-state index in [0.717, 1.165) is 5.56 Å². The van der Waals surface area contributed by atoms with Crippen LogP contribution in [0.25, 0.3) is 0 Å². The first kappa shape index (κ1) is 21.2. The second kappa shape index (κ2) is 9.01. The molecule has 0 heterocycles. The summed E-state index contributed by atoms with van der Waals surface area (Å²) in [6.07, 6.45) is 0.651. The Morgan fingerprint density at radius 3 is 1.58 bits per heavy atom. The molecule has 4 aromatic carbocycles. The van der Waals surface area contributed by atoms with Gasteiger partial charge < -0.3 is 0 Å². The van der Waals surface area contributed by atoms with Crippen LogP contribution < -0.4 is 15.9 Å². The van der Waals surface area contributed by atoms with Gasteiger partial charge >= 0.3 is 0 Å². The van der Waals surface area contributed by atoms with Crippen LogP contribution in [0.15, 0.2) is 103 Å². The van der Waals surface area contributed by atoms with E-state index in [4.69, 9.17) is 11.6 Å². The minimum Gasteiger partial charge on any atom is -0.258 e. The van der Waals surface area contributed by atoms with E-state index in [1.807, 2.05) is 31.2 Å². The van der Waals surface area contributed by atoms with Gasteiger partial charge in [-0.05, 0) is 49.4 Å². The molecule has 0 saturated carbocycles. The summed E-state index contributed by atoms with van der Waals surface area (Å²) >= 11 is 6.34. The maximum absolute atomic E-state index is 11.7. The average Bonchev–Trinajstić information content (AvgIpc) is 2.81. The molecule has 0 unspecified atom stereocenters. The number of hydrogen-bond acceptors (Lipinski definition) is 2. The summed E-state index contributed by atoms with van der Waals surface area (Å²) < 4.78 is 0. The lowest BCUT2D eigenvalue weighted by Gasteiger charge is -2.28. The maximum Gasteiger partial charge on any atom is 0.274 e. The summed E-state index contributed by atoms with van der Waals surface area (Å²) in [7, 11) is -2.15. The second-order valence-corrected chi connectivity index (χ2v) is 11.4. The Bertz CT molecular complexity index is 1100. The molecule has 0 fully saturated rings. The van der Waals surface area contributed by atoms with Crippen molar-refractivity contribution in [3.8, 4) is 0 Å². The van der Waals surface area contributed by atoms with Gasteiger partial charge in [0.25, 0.3) is 5.69 Å². The fourth-order valence-corrected chi connectivity index (χ4v) is 8.66. The van der Waals surface area contributed by atoms with E-state index in [1.54, 1.807) is 0 Å². The number of rotatable bonds is 6. The van der Waals surface area contributed by atoms with E-state index in [1.165, 1.54) is 22.0 Å². The number of nitro benzene ring substituents is 1. The fourth-order valence-electron chi connectivity index (χ4n) is 4.10. The molecule has 0 aliphatic carbocycles. The molecule has 5 heteroatoms. The summed E-state index contributed by atoms with van der Waals surface area (Å²) in [4.78, 5) is 11.3. The highest BCUT2D eigenvalue weighted by Gasteiger charge is 2.46. The fraction of sp³-hybridized carbons (Fsp3) is 0.0769. The smallest absolute Gasteiger partial charge is 0.258 e. The van der Waals surface area contributed by atoms with Crippen molar-refractivity contribution in [2.45, 2.75) is 13.1 Å². The van der Waals surface area contributed by atoms with Gasteiger partial charge in [-0.2, -0.15) is 0 Å². The molecule has 31 heavy (non-hydrogen) atoms. The van der Waals surface area contributed by atoms with Gasteiger partial charge in [0, 0.05) is 22.2 Å². The summed E-state index contributed by atoms with van der Waals surface area (Å²) in [6, 6.07) is 34.7. The number of nitrogens with zero attached hydrogens (tertiary/aromatic N) is 1. The van der Waals surface area contributed by atoms with Crippen molar-refractivity contribution in [2.75, 3.05) is 0 Å². The molecule has 0 bridgehead atoms. The van der Waals surface area contributed by atoms with E-state index >= 15 is 0 Å². The molecule has 154 valence electrons. The van der Waals surface area contributed by atoms with Gasteiger partial charge in [-0.1, -0.05) is 66.2 Å². The average molecular weight is 447 g/mol. The summed E-state index contributed by atoms with van der Waals surface area (Å²) in [5.74, 6) is 0. The van der Waals surface area contributed by atoms with Crippen LogP contribution in [0.2, 0.25) is 5.02 Å². The van der Waals surface area contributed by atoms with Crippen molar-refractivity contribution in [3.63, 3.8) is 0 Å². The van der Waals surface area contributed by atoms with Gasteiger partial charge in [0.1, 0.15) is 23.2 Å². The number of hydrogen-bond donors (Lipinski definition) is 0.